The number of fused-ring (bicyclic) bond motifs is 3. The first kappa shape index (κ1) is 29.5. The Morgan fingerprint density at radius 3 is 1.58 bits per heavy atom. The van der Waals surface area contributed by atoms with Crippen molar-refractivity contribution < 1.29 is 10.0 Å². The molecule has 0 aliphatic heterocycles. The average molecular weight is 618 g/mol. The molecule has 228 valence electrons. The second-order valence-corrected chi connectivity index (χ2v) is 12.0. The van der Waals surface area contributed by atoms with Crippen LogP contribution in [0.5, 0.6) is 0 Å². The third kappa shape index (κ3) is 5.54. The van der Waals surface area contributed by atoms with Crippen LogP contribution in [0.25, 0.3) is 54.9 Å². The third-order valence-electron chi connectivity index (χ3n) is 9.08. The highest BCUT2D eigenvalue weighted by atomic mass is 16.4. The Kier molecular flexibility index (Phi) is 7.79. The molecule has 0 spiro atoms. The maximum atomic E-state index is 9.65. The van der Waals surface area contributed by atoms with Crippen LogP contribution in [-0.2, 0) is 0 Å². The Hall–Kier alpha value is -5.94. The van der Waals surface area contributed by atoms with Crippen molar-refractivity contribution in [3.63, 3.8) is 0 Å². The molecule has 0 unspecified atom stereocenters. The summed E-state index contributed by atoms with van der Waals surface area (Å²) in [6.45, 7) is 0. The Labute approximate surface area is 280 Å². The highest BCUT2D eigenvalue weighted by Crippen LogP contribution is 2.42. The molecule has 48 heavy (non-hydrogen) atoms. The Bertz CT molecular complexity index is 2350. The van der Waals surface area contributed by atoms with Gasteiger partial charge in [-0.25, -0.2) is 0 Å². The summed E-state index contributed by atoms with van der Waals surface area (Å²) >= 11 is 0. The van der Waals surface area contributed by atoms with Crippen molar-refractivity contribution >= 4 is 51.2 Å². The molecule has 0 aromatic heterocycles. The molecule has 0 amide bonds. The van der Waals surface area contributed by atoms with Gasteiger partial charge in [0.2, 0.25) is 0 Å². The molecule has 0 fully saturated rings. The molecule has 0 atom stereocenters. The lowest BCUT2D eigenvalue weighted by atomic mass is 9.79. The van der Waals surface area contributed by atoms with E-state index >= 15 is 0 Å². The summed E-state index contributed by atoms with van der Waals surface area (Å²) in [4.78, 5) is 2.30. The van der Waals surface area contributed by atoms with Crippen molar-refractivity contribution in [2.24, 2.45) is 0 Å². The van der Waals surface area contributed by atoms with Crippen LogP contribution >= 0.6 is 0 Å². The fourth-order valence-electron chi connectivity index (χ4n) is 6.72. The van der Waals surface area contributed by atoms with Gasteiger partial charge in [0, 0.05) is 17.1 Å². The van der Waals surface area contributed by atoms with Gasteiger partial charge in [-0.05, 0) is 103 Å². The molecule has 3 nitrogen and oxygen atoms in total. The molecule has 0 saturated carbocycles. The number of hydrogen-bond donors (Lipinski definition) is 2. The second kappa shape index (κ2) is 12.7. The lowest BCUT2D eigenvalue weighted by Crippen LogP contribution is -2.29. The second-order valence-electron chi connectivity index (χ2n) is 12.0. The van der Waals surface area contributed by atoms with Crippen LogP contribution in [-0.4, -0.2) is 17.2 Å². The lowest BCUT2D eigenvalue weighted by Gasteiger charge is -2.27. The van der Waals surface area contributed by atoms with Gasteiger partial charge < -0.3 is 14.9 Å². The Morgan fingerprint density at radius 1 is 0.354 bits per heavy atom. The minimum absolute atomic E-state index is 0.465. The maximum absolute atomic E-state index is 9.65. The average Bonchev–Trinajstić information content (AvgIpc) is 3.16. The fraction of sp³-hybridized carbons (Fsp3) is 0. The molecule has 0 saturated heterocycles. The lowest BCUT2D eigenvalue weighted by molar-refractivity contribution is 0.426. The molecule has 8 aromatic rings. The number of hydrogen-bond acceptors (Lipinski definition) is 3. The van der Waals surface area contributed by atoms with Gasteiger partial charge in [-0.15, -0.1) is 0 Å². The molecular weight excluding hydrogens is 585 g/mol. The molecule has 4 heteroatoms. The first-order valence-electron chi connectivity index (χ1n) is 16.2. The summed E-state index contributed by atoms with van der Waals surface area (Å²) in [5.41, 5.74) is 10.3. The highest BCUT2D eigenvalue weighted by Gasteiger charge is 2.18. The van der Waals surface area contributed by atoms with E-state index in [1.807, 2.05) is 24.3 Å². The van der Waals surface area contributed by atoms with Crippen molar-refractivity contribution in [2.75, 3.05) is 4.90 Å². The molecular formula is C44H32BNO2. The van der Waals surface area contributed by atoms with Crippen LogP contribution < -0.4 is 10.4 Å². The maximum Gasteiger partial charge on any atom is 0.488 e. The van der Waals surface area contributed by atoms with E-state index in [2.05, 4.69) is 150 Å². The van der Waals surface area contributed by atoms with Crippen LogP contribution in [0.3, 0.4) is 0 Å². The van der Waals surface area contributed by atoms with E-state index < -0.39 is 7.12 Å². The predicted molar refractivity (Wildman–Crippen MR) is 202 cm³/mol. The van der Waals surface area contributed by atoms with Crippen LogP contribution in [0.4, 0.5) is 17.1 Å². The summed E-state index contributed by atoms with van der Waals surface area (Å²) in [6, 6.07) is 63.3. The van der Waals surface area contributed by atoms with Crippen LogP contribution in [0.15, 0.2) is 182 Å². The molecule has 8 rings (SSSR count). The summed E-state index contributed by atoms with van der Waals surface area (Å²) in [5, 5.41) is 24.3. The van der Waals surface area contributed by atoms with Gasteiger partial charge in [0.15, 0.2) is 0 Å². The van der Waals surface area contributed by atoms with Gasteiger partial charge in [-0.3, -0.25) is 0 Å². The molecule has 0 aliphatic carbocycles. The first-order chi connectivity index (χ1) is 23.6. The van der Waals surface area contributed by atoms with Crippen LogP contribution in [0, 0.1) is 0 Å². The topological polar surface area (TPSA) is 43.7 Å². The van der Waals surface area contributed by atoms with E-state index in [0.717, 1.165) is 39.3 Å². The van der Waals surface area contributed by atoms with E-state index in [1.54, 1.807) is 12.1 Å². The Balaban J connectivity index is 1.25. The van der Waals surface area contributed by atoms with E-state index in [9.17, 15) is 10.0 Å². The molecule has 2 N–H and O–H groups in total. The van der Waals surface area contributed by atoms with Crippen LogP contribution in [0.1, 0.15) is 0 Å². The zero-order valence-electron chi connectivity index (χ0n) is 26.2. The summed E-state index contributed by atoms with van der Waals surface area (Å²) in [5.74, 6) is 0. The summed E-state index contributed by atoms with van der Waals surface area (Å²) < 4.78 is 0. The monoisotopic (exact) mass is 617 g/mol. The van der Waals surface area contributed by atoms with Crippen molar-refractivity contribution in [3.8, 4) is 33.4 Å². The van der Waals surface area contributed by atoms with E-state index in [4.69, 9.17) is 0 Å². The number of benzene rings is 8. The zero-order chi connectivity index (χ0) is 32.5. The molecule has 0 bridgehead atoms. The molecule has 8 aromatic carbocycles. The van der Waals surface area contributed by atoms with Crippen molar-refractivity contribution in [1.82, 2.24) is 0 Å². The zero-order valence-corrected chi connectivity index (χ0v) is 26.2. The van der Waals surface area contributed by atoms with Crippen molar-refractivity contribution in [2.45, 2.75) is 0 Å². The van der Waals surface area contributed by atoms with Crippen molar-refractivity contribution in [1.29, 1.82) is 0 Å². The summed E-state index contributed by atoms with van der Waals surface area (Å²) in [6.07, 6.45) is 0. The van der Waals surface area contributed by atoms with Gasteiger partial charge in [0.25, 0.3) is 0 Å². The van der Waals surface area contributed by atoms with Gasteiger partial charge in [-0.2, -0.15) is 0 Å². The number of rotatable bonds is 7. The van der Waals surface area contributed by atoms with Gasteiger partial charge in [0.05, 0.1) is 0 Å². The molecule has 0 heterocycles. The third-order valence-corrected chi connectivity index (χ3v) is 9.08. The van der Waals surface area contributed by atoms with E-state index in [0.29, 0.717) is 5.46 Å². The highest BCUT2D eigenvalue weighted by molar-refractivity contribution is 6.58. The van der Waals surface area contributed by atoms with Crippen molar-refractivity contribution in [3.05, 3.63) is 182 Å². The quantitative estimate of drug-likeness (QED) is 0.138. The molecule has 0 aliphatic rings. The largest absolute Gasteiger partial charge is 0.488 e. The molecule has 0 radical (unpaired) electrons. The van der Waals surface area contributed by atoms with Gasteiger partial charge >= 0.3 is 7.12 Å². The number of nitrogens with zero attached hydrogens (tertiary/aromatic N) is 1. The van der Waals surface area contributed by atoms with Gasteiger partial charge in [0.1, 0.15) is 0 Å². The standard InChI is InChI=1S/C44H32BNO2/c47-45(48)35-23-19-32(20-24-35)40-28-27-38(30-44(40)31-11-3-1-4-12-31)46(36-14-5-2-6-15-36)37-25-21-33(22-26-37)43-29-34-13-7-8-16-39(34)41-17-9-10-18-42(41)43/h1-30,47-48H. The summed E-state index contributed by atoms with van der Waals surface area (Å²) in [7, 11) is -1.50. The number of anilines is 3. The Morgan fingerprint density at radius 2 is 0.875 bits per heavy atom. The first-order valence-corrected chi connectivity index (χ1v) is 16.2. The van der Waals surface area contributed by atoms with E-state index in [1.165, 1.54) is 32.7 Å². The SMILES string of the molecule is OB(O)c1ccc(-c2ccc(N(c3ccccc3)c3ccc(-c4cc5ccccc5c5ccccc45)cc3)cc2-c2ccccc2)cc1. The minimum atomic E-state index is -1.50. The number of para-hydroxylation sites is 1. The minimum Gasteiger partial charge on any atom is -0.423 e. The van der Waals surface area contributed by atoms with E-state index in [-0.39, 0.29) is 0 Å². The normalized spacial score (nSPS) is 11.1. The van der Waals surface area contributed by atoms with Gasteiger partial charge in [-0.1, -0.05) is 140 Å². The van der Waals surface area contributed by atoms with Crippen LogP contribution in [0.2, 0.25) is 0 Å². The smallest absolute Gasteiger partial charge is 0.423 e. The predicted octanol–water partition coefficient (Wildman–Crippen LogP) is 10.1. The fourth-order valence-corrected chi connectivity index (χ4v) is 6.72.